The van der Waals surface area contributed by atoms with Crippen molar-refractivity contribution in [3.8, 4) is 0 Å². The lowest BCUT2D eigenvalue weighted by molar-refractivity contribution is -0.157. The highest BCUT2D eigenvalue weighted by atomic mass is 16.5. The maximum absolute atomic E-state index is 11.6. The minimum absolute atomic E-state index is 0.357. The van der Waals surface area contributed by atoms with Crippen molar-refractivity contribution in [3.05, 3.63) is 12.2 Å². The summed E-state index contributed by atoms with van der Waals surface area (Å²) in [6.07, 6.45) is 5.66. The maximum atomic E-state index is 11.6. The van der Waals surface area contributed by atoms with Gasteiger partial charge in [0.15, 0.2) is 0 Å². The second-order valence-corrected chi connectivity index (χ2v) is 4.06. The van der Waals surface area contributed by atoms with E-state index >= 15 is 0 Å². The Morgan fingerprint density at radius 2 is 2.06 bits per heavy atom. The van der Waals surface area contributed by atoms with E-state index < -0.39 is 23.8 Å². The number of ether oxygens (including phenoxy) is 1. The number of carboxylic acids is 1. The fourth-order valence-corrected chi connectivity index (χ4v) is 1.41. The molecule has 0 aromatic rings. The van der Waals surface area contributed by atoms with Crippen molar-refractivity contribution in [1.29, 1.82) is 0 Å². The molecule has 0 saturated heterocycles. The molecule has 0 aliphatic carbocycles. The lowest BCUT2D eigenvalue weighted by Gasteiger charge is -2.17. The summed E-state index contributed by atoms with van der Waals surface area (Å²) >= 11 is 0. The fourth-order valence-electron chi connectivity index (χ4n) is 1.41. The van der Waals surface area contributed by atoms with Crippen molar-refractivity contribution in [2.24, 2.45) is 11.8 Å². The van der Waals surface area contributed by atoms with Crippen molar-refractivity contribution in [2.45, 2.75) is 40.0 Å². The van der Waals surface area contributed by atoms with E-state index in [4.69, 9.17) is 9.84 Å². The van der Waals surface area contributed by atoms with Crippen LogP contribution < -0.4 is 0 Å². The summed E-state index contributed by atoms with van der Waals surface area (Å²) in [5.74, 6) is -2.70. The lowest BCUT2D eigenvalue weighted by atomic mass is 9.91. The zero-order valence-corrected chi connectivity index (χ0v) is 10.8. The van der Waals surface area contributed by atoms with Crippen molar-refractivity contribution >= 4 is 11.9 Å². The van der Waals surface area contributed by atoms with Crippen LogP contribution in [-0.4, -0.2) is 23.7 Å². The molecule has 1 N–H and O–H groups in total. The number of esters is 1. The van der Waals surface area contributed by atoms with Crippen LogP contribution in [0, 0.1) is 11.8 Å². The Hall–Kier alpha value is -1.32. The molecule has 17 heavy (non-hydrogen) atoms. The van der Waals surface area contributed by atoms with Gasteiger partial charge in [-0.25, -0.2) is 0 Å². The second kappa shape index (κ2) is 8.79. The number of carbonyl (C=O) groups is 2. The largest absolute Gasteiger partial charge is 0.481 e. The number of aliphatic carboxylic acids is 1. The van der Waals surface area contributed by atoms with E-state index in [-0.39, 0.29) is 0 Å². The molecule has 2 atom stereocenters. The Kier molecular flexibility index (Phi) is 8.11. The highest BCUT2D eigenvalue weighted by molar-refractivity contribution is 5.80. The molecule has 0 aromatic heterocycles. The highest BCUT2D eigenvalue weighted by Crippen LogP contribution is 2.18. The van der Waals surface area contributed by atoms with Gasteiger partial charge >= 0.3 is 11.9 Å². The van der Waals surface area contributed by atoms with E-state index in [0.717, 1.165) is 12.8 Å². The van der Waals surface area contributed by atoms with Crippen LogP contribution in [0.4, 0.5) is 0 Å². The van der Waals surface area contributed by atoms with Gasteiger partial charge in [0.1, 0.15) is 0 Å². The first-order valence-electron chi connectivity index (χ1n) is 6.05. The number of carbonyl (C=O) groups excluding carboxylic acids is 1. The first kappa shape index (κ1) is 15.7. The van der Waals surface area contributed by atoms with Crippen LogP contribution in [0.25, 0.3) is 0 Å². The van der Waals surface area contributed by atoms with E-state index in [1.807, 2.05) is 13.8 Å². The van der Waals surface area contributed by atoms with Gasteiger partial charge in [-0.15, -0.1) is 0 Å². The van der Waals surface area contributed by atoms with Gasteiger partial charge in [-0.05, 0) is 19.8 Å². The van der Waals surface area contributed by atoms with E-state index in [9.17, 15) is 9.59 Å². The molecular formula is C13H22O4. The molecule has 0 bridgehead atoms. The van der Waals surface area contributed by atoms with Gasteiger partial charge in [0.25, 0.3) is 0 Å². The van der Waals surface area contributed by atoms with Gasteiger partial charge in [-0.2, -0.15) is 0 Å². The summed E-state index contributed by atoms with van der Waals surface area (Å²) in [6.45, 7) is 5.80. The normalized spacial score (nSPS) is 14.5. The Labute approximate surface area is 103 Å². The van der Waals surface area contributed by atoms with Gasteiger partial charge in [0, 0.05) is 0 Å². The summed E-state index contributed by atoms with van der Waals surface area (Å²) in [6, 6.07) is 0. The van der Waals surface area contributed by atoms with Gasteiger partial charge in [0.05, 0.1) is 18.4 Å². The summed E-state index contributed by atoms with van der Waals surface area (Å²) in [5, 5.41) is 9.05. The summed E-state index contributed by atoms with van der Waals surface area (Å²) in [5.41, 5.74) is 0. The smallest absolute Gasteiger partial charge is 0.309 e. The van der Waals surface area contributed by atoms with Gasteiger partial charge in [0.2, 0.25) is 0 Å². The minimum atomic E-state index is -0.956. The number of unbranched alkanes of at least 4 members (excludes halogenated alkanes) is 1. The number of allylic oxidation sites excluding steroid dienone is 2. The predicted molar refractivity (Wildman–Crippen MR) is 65.6 cm³/mol. The SMILES string of the molecule is CC=CCC(C(=O)O)C(C)C(=O)OCCCC. The third-order valence-electron chi connectivity index (χ3n) is 2.66. The minimum Gasteiger partial charge on any atom is -0.481 e. The van der Waals surface area contributed by atoms with Crippen molar-refractivity contribution < 1.29 is 19.4 Å². The Bertz CT molecular complexity index is 271. The van der Waals surface area contributed by atoms with Gasteiger partial charge < -0.3 is 9.84 Å². The average Bonchev–Trinajstić information content (AvgIpc) is 2.29. The van der Waals surface area contributed by atoms with Gasteiger partial charge in [-0.1, -0.05) is 32.4 Å². The maximum Gasteiger partial charge on any atom is 0.309 e. The standard InChI is InChI=1S/C13H22O4/c1-4-6-8-11(12(14)15)10(3)13(16)17-9-7-5-2/h4,6,10-11H,5,7-9H2,1-3H3,(H,14,15). The predicted octanol–water partition coefficient (Wildman–Crippen LogP) is 2.63. The van der Waals surface area contributed by atoms with Crippen LogP contribution in [-0.2, 0) is 14.3 Å². The molecule has 0 spiro atoms. The van der Waals surface area contributed by atoms with E-state index in [1.54, 1.807) is 19.1 Å². The molecule has 2 unspecified atom stereocenters. The summed E-state index contributed by atoms with van der Waals surface area (Å²) < 4.78 is 5.03. The van der Waals surface area contributed by atoms with Crippen LogP contribution in [0.15, 0.2) is 12.2 Å². The number of rotatable bonds is 8. The molecule has 0 aromatic carbocycles. The molecule has 0 saturated carbocycles. The zero-order valence-electron chi connectivity index (χ0n) is 10.8. The quantitative estimate of drug-likeness (QED) is 0.404. The molecule has 0 amide bonds. The Balaban J connectivity index is 4.33. The molecule has 4 nitrogen and oxygen atoms in total. The Morgan fingerprint density at radius 1 is 1.41 bits per heavy atom. The van der Waals surface area contributed by atoms with Crippen molar-refractivity contribution in [1.82, 2.24) is 0 Å². The highest BCUT2D eigenvalue weighted by Gasteiger charge is 2.29. The van der Waals surface area contributed by atoms with Crippen molar-refractivity contribution in [2.75, 3.05) is 6.61 Å². The van der Waals surface area contributed by atoms with E-state index in [2.05, 4.69) is 0 Å². The third kappa shape index (κ3) is 6.09. The molecule has 0 radical (unpaired) electrons. The number of hydrogen-bond donors (Lipinski definition) is 1. The molecule has 0 fully saturated rings. The second-order valence-electron chi connectivity index (χ2n) is 4.06. The molecule has 0 rings (SSSR count). The van der Waals surface area contributed by atoms with Crippen LogP contribution in [0.2, 0.25) is 0 Å². The zero-order chi connectivity index (χ0) is 13.3. The van der Waals surface area contributed by atoms with Crippen LogP contribution in [0.3, 0.4) is 0 Å². The van der Waals surface area contributed by atoms with Crippen LogP contribution in [0.5, 0.6) is 0 Å². The number of hydrogen-bond acceptors (Lipinski definition) is 3. The molecular weight excluding hydrogens is 220 g/mol. The Morgan fingerprint density at radius 3 is 2.53 bits per heavy atom. The molecule has 0 heterocycles. The van der Waals surface area contributed by atoms with Gasteiger partial charge in [-0.3, -0.25) is 9.59 Å². The molecule has 0 aliphatic rings. The average molecular weight is 242 g/mol. The lowest BCUT2D eigenvalue weighted by Crippen LogP contribution is -2.29. The first-order valence-corrected chi connectivity index (χ1v) is 6.05. The molecule has 98 valence electrons. The topological polar surface area (TPSA) is 63.6 Å². The van der Waals surface area contributed by atoms with Crippen LogP contribution >= 0.6 is 0 Å². The first-order chi connectivity index (χ1) is 8.04. The molecule has 0 aliphatic heterocycles. The third-order valence-corrected chi connectivity index (χ3v) is 2.66. The number of carboxylic acid groups (broad SMARTS) is 1. The monoisotopic (exact) mass is 242 g/mol. The van der Waals surface area contributed by atoms with Crippen molar-refractivity contribution in [3.63, 3.8) is 0 Å². The fraction of sp³-hybridized carbons (Fsp3) is 0.692. The summed E-state index contributed by atoms with van der Waals surface area (Å²) in [7, 11) is 0. The molecule has 4 heteroatoms. The van der Waals surface area contributed by atoms with E-state index in [1.165, 1.54) is 0 Å². The summed E-state index contributed by atoms with van der Waals surface area (Å²) in [4.78, 5) is 22.7. The van der Waals surface area contributed by atoms with E-state index in [0.29, 0.717) is 13.0 Å². The van der Waals surface area contributed by atoms with Crippen LogP contribution in [0.1, 0.15) is 40.0 Å².